The van der Waals surface area contributed by atoms with Crippen LogP contribution in [-0.2, 0) is 0 Å². The monoisotopic (exact) mass is 279 g/mol. The summed E-state index contributed by atoms with van der Waals surface area (Å²) in [5.41, 5.74) is 0.761. The molecule has 2 rings (SSSR count). The zero-order valence-electron chi connectivity index (χ0n) is 12.8. The Morgan fingerprint density at radius 1 is 1.40 bits per heavy atom. The van der Waals surface area contributed by atoms with E-state index >= 15 is 0 Å². The molecular formula is C17H26FNO. The first kappa shape index (κ1) is 15.3. The Morgan fingerprint density at radius 2 is 2.20 bits per heavy atom. The zero-order valence-corrected chi connectivity index (χ0v) is 12.8. The van der Waals surface area contributed by atoms with E-state index < -0.39 is 0 Å². The summed E-state index contributed by atoms with van der Waals surface area (Å²) in [6.45, 7) is 5.36. The van der Waals surface area contributed by atoms with Crippen molar-refractivity contribution in [3.05, 3.63) is 29.6 Å². The molecule has 0 spiro atoms. The molecule has 0 radical (unpaired) electrons. The van der Waals surface area contributed by atoms with Gasteiger partial charge < -0.3 is 10.1 Å². The van der Waals surface area contributed by atoms with Crippen LogP contribution in [0.5, 0.6) is 5.75 Å². The van der Waals surface area contributed by atoms with Gasteiger partial charge in [0.2, 0.25) is 0 Å². The summed E-state index contributed by atoms with van der Waals surface area (Å²) in [6, 6.07) is 5.58. The number of nitrogens with one attached hydrogen (secondary N) is 1. The number of rotatable bonds is 6. The molecule has 3 heteroatoms. The number of hydrogen-bond acceptors (Lipinski definition) is 2. The van der Waals surface area contributed by atoms with E-state index in [0.717, 1.165) is 24.4 Å². The van der Waals surface area contributed by atoms with Crippen molar-refractivity contribution in [1.82, 2.24) is 5.32 Å². The smallest absolute Gasteiger partial charge is 0.169 e. The van der Waals surface area contributed by atoms with Crippen molar-refractivity contribution >= 4 is 0 Å². The molecule has 3 unspecified atom stereocenters. The minimum absolute atomic E-state index is 0.106. The van der Waals surface area contributed by atoms with Crippen LogP contribution in [0.1, 0.15) is 51.1 Å². The second-order valence-corrected chi connectivity index (χ2v) is 5.97. The summed E-state index contributed by atoms with van der Waals surface area (Å²) < 4.78 is 19.7. The topological polar surface area (TPSA) is 21.3 Å². The molecular weight excluding hydrogens is 253 g/mol. The van der Waals surface area contributed by atoms with Crippen molar-refractivity contribution in [3.63, 3.8) is 0 Å². The van der Waals surface area contributed by atoms with E-state index in [-0.39, 0.29) is 11.9 Å². The molecule has 2 nitrogen and oxygen atoms in total. The Kier molecular flexibility index (Phi) is 5.41. The van der Waals surface area contributed by atoms with Crippen molar-refractivity contribution in [1.29, 1.82) is 0 Å². The fourth-order valence-corrected chi connectivity index (χ4v) is 3.31. The predicted molar refractivity (Wildman–Crippen MR) is 80.5 cm³/mol. The van der Waals surface area contributed by atoms with Gasteiger partial charge in [0, 0.05) is 11.6 Å². The van der Waals surface area contributed by atoms with Crippen LogP contribution < -0.4 is 10.1 Å². The zero-order chi connectivity index (χ0) is 14.5. The first-order valence-electron chi connectivity index (χ1n) is 7.73. The molecule has 0 saturated heterocycles. The lowest BCUT2D eigenvalue weighted by atomic mass is 9.90. The summed E-state index contributed by atoms with van der Waals surface area (Å²) >= 11 is 0. The maximum Gasteiger partial charge on any atom is 0.169 e. The summed E-state index contributed by atoms with van der Waals surface area (Å²) in [7, 11) is 1.52. The number of hydrogen-bond donors (Lipinski definition) is 1. The van der Waals surface area contributed by atoms with E-state index in [9.17, 15) is 4.39 Å². The summed E-state index contributed by atoms with van der Waals surface area (Å²) in [5, 5.41) is 3.54. The van der Waals surface area contributed by atoms with Gasteiger partial charge in [-0.1, -0.05) is 32.4 Å². The molecule has 0 amide bonds. The molecule has 0 aliphatic heterocycles. The van der Waals surface area contributed by atoms with Crippen LogP contribution in [0.25, 0.3) is 0 Å². The van der Waals surface area contributed by atoms with Crippen LogP contribution in [0.2, 0.25) is 0 Å². The lowest BCUT2D eigenvalue weighted by Crippen LogP contribution is -2.29. The van der Waals surface area contributed by atoms with E-state index in [1.165, 1.54) is 26.4 Å². The van der Waals surface area contributed by atoms with Gasteiger partial charge in [0.25, 0.3) is 0 Å². The highest BCUT2D eigenvalue weighted by molar-refractivity contribution is 5.33. The first-order chi connectivity index (χ1) is 9.67. The average Bonchev–Trinajstić information content (AvgIpc) is 2.87. The van der Waals surface area contributed by atoms with Gasteiger partial charge in [-0.2, -0.15) is 0 Å². The summed E-state index contributed by atoms with van der Waals surface area (Å²) in [6.07, 6.45) is 4.67. The number of benzene rings is 1. The normalized spacial score (nSPS) is 23.8. The highest BCUT2D eigenvalue weighted by Crippen LogP contribution is 2.40. The third-order valence-electron chi connectivity index (χ3n) is 4.37. The van der Waals surface area contributed by atoms with Crippen molar-refractivity contribution in [3.8, 4) is 5.75 Å². The van der Waals surface area contributed by atoms with Gasteiger partial charge in [0.1, 0.15) is 0 Å². The lowest BCUT2D eigenvalue weighted by Gasteiger charge is -2.26. The molecule has 3 atom stereocenters. The third kappa shape index (κ3) is 3.32. The molecule has 1 N–H and O–H groups in total. The quantitative estimate of drug-likeness (QED) is 0.837. The van der Waals surface area contributed by atoms with Gasteiger partial charge in [0.05, 0.1) is 7.11 Å². The van der Waals surface area contributed by atoms with Crippen molar-refractivity contribution in [2.75, 3.05) is 13.7 Å². The second kappa shape index (κ2) is 7.07. The van der Waals surface area contributed by atoms with Gasteiger partial charge in [-0.3, -0.25) is 0 Å². The average molecular weight is 279 g/mol. The SMILES string of the molecule is CCCNC(c1cccc(OC)c1F)C1CCC(C)C1. The lowest BCUT2D eigenvalue weighted by molar-refractivity contribution is 0.337. The molecule has 1 aliphatic rings. The number of ether oxygens (including phenoxy) is 1. The fourth-order valence-electron chi connectivity index (χ4n) is 3.31. The number of halogens is 1. The van der Waals surface area contributed by atoms with E-state index in [0.29, 0.717) is 11.7 Å². The second-order valence-electron chi connectivity index (χ2n) is 5.97. The van der Waals surface area contributed by atoms with Crippen LogP contribution in [0.4, 0.5) is 4.39 Å². The Morgan fingerprint density at radius 3 is 2.80 bits per heavy atom. The molecule has 112 valence electrons. The van der Waals surface area contributed by atoms with Crippen molar-refractivity contribution < 1.29 is 9.13 Å². The first-order valence-corrected chi connectivity index (χ1v) is 7.73. The highest BCUT2D eigenvalue weighted by Gasteiger charge is 2.31. The van der Waals surface area contributed by atoms with Gasteiger partial charge in [0.15, 0.2) is 11.6 Å². The van der Waals surface area contributed by atoms with Crippen molar-refractivity contribution in [2.45, 2.75) is 45.6 Å². The maximum absolute atomic E-state index is 14.5. The van der Waals surface area contributed by atoms with Crippen LogP contribution in [0.15, 0.2) is 18.2 Å². The molecule has 1 fully saturated rings. The van der Waals surface area contributed by atoms with E-state index in [1.807, 2.05) is 12.1 Å². The van der Waals surface area contributed by atoms with Crippen LogP contribution >= 0.6 is 0 Å². The minimum atomic E-state index is -0.205. The van der Waals surface area contributed by atoms with E-state index in [2.05, 4.69) is 19.2 Å². The standard InChI is InChI=1S/C17H26FNO/c1-4-10-19-17(13-9-8-12(2)11-13)14-6-5-7-15(20-3)16(14)18/h5-7,12-13,17,19H,4,8-11H2,1-3H3. The highest BCUT2D eigenvalue weighted by atomic mass is 19.1. The largest absolute Gasteiger partial charge is 0.494 e. The Bertz CT molecular complexity index is 435. The molecule has 1 aromatic rings. The van der Waals surface area contributed by atoms with Crippen LogP contribution in [0.3, 0.4) is 0 Å². The fraction of sp³-hybridized carbons (Fsp3) is 0.647. The van der Waals surface area contributed by atoms with Gasteiger partial charge in [-0.15, -0.1) is 0 Å². The van der Waals surface area contributed by atoms with E-state index in [4.69, 9.17) is 4.74 Å². The Hall–Kier alpha value is -1.09. The minimum Gasteiger partial charge on any atom is -0.494 e. The third-order valence-corrected chi connectivity index (χ3v) is 4.37. The molecule has 0 aromatic heterocycles. The molecule has 1 saturated carbocycles. The number of methoxy groups -OCH3 is 1. The Balaban J connectivity index is 2.26. The summed E-state index contributed by atoms with van der Waals surface area (Å²) in [4.78, 5) is 0. The van der Waals surface area contributed by atoms with Gasteiger partial charge >= 0.3 is 0 Å². The Labute approximate surface area is 121 Å². The molecule has 0 heterocycles. The van der Waals surface area contributed by atoms with Crippen LogP contribution in [-0.4, -0.2) is 13.7 Å². The van der Waals surface area contributed by atoms with Gasteiger partial charge in [-0.05, 0) is 43.7 Å². The molecule has 20 heavy (non-hydrogen) atoms. The van der Waals surface area contributed by atoms with Crippen molar-refractivity contribution in [2.24, 2.45) is 11.8 Å². The molecule has 0 bridgehead atoms. The van der Waals surface area contributed by atoms with Crippen LogP contribution in [0, 0.1) is 17.7 Å². The summed E-state index contributed by atoms with van der Waals surface area (Å²) in [5.74, 6) is 1.41. The predicted octanol–water partition coefficient (Wildman–Crippen LogP) is 4.31. The maximum atomic E-state index is 14.5. The molecule has 1 aliphatic carbocycles. The molecule has 1 aromatic carbocycles. The van der Waals surface area contributed by atoms with E-state index in [1.54, 1.807) is 6.07 Å². The van der Waals surface area contributed by atoms with Gasteiger partial charge in [-0.25, -0.2) is 4.39 Å².